The van der Waals surface area contributed by atoms with Crippen LogP contribution in [0.15, 0.2) is 91.0 Å². The minimum absolute atomic E-state index is 0.0313. The van der Waals surface area contributed by atoms with Crippen LogP contribution in [0.25, 0.3) is 0 Å². The molecular formula is C46H59N3O9. The number of hydrogen-bond acceptors (Lipinski definition) is 9. The molecule has 6 atom stereocenters. The monoisotopic (exact) mass is 797 g/mol. The highest BCUT2D eigenvalue weighted by Gasteiger charge is 2.43. The summed E-state index contributed by atoms with van der Waals surface area (Å²) in [5.41, 5.74) is 2.17. The molecule has 0 aromatic heterocycles. The average Bonchev–Trinajstić information content (AvgIpc) is 3.20. The van der Waals surface area contributed by atoms with Crippen molar-refractivity contribution in [1.29, 1.82) is 0 Å². The zero-order chi connectivity index (χ0) is 42.7. The summed E-state index contributed by atoms with van der Waals surface area (Å²) in [4.78, 5) is 90.3. The molecule has 12 heteroatoms. The van der Waals surface area contributed by atoms with Crippen molar-refractivity contribution in [2.45, 2.75) is 104 Å². The van der Waals surface area contributed by atoms with Crippen LogP contribution in [-0.4, -0.2) is 108 Å². The summed E-state index contributed by atoms with van der Waals surface area (Å²) in [7, 11) is 4.34. The molecule has 3 aromatic rings. The second kappa shape index (κ2) is 20.8. The van der Waals surface area contributed by atoms with Crippen LogP contribution in [0.3, 0.4) is 0 Å². The van der Waals surface area contributed by atoms with Gasteiger partial charge in [0.25, 0.3) is 17.7 Å². The SMILES string of the molecule is CC(C)C[C@@H]1OC(=O)[C@@H](Cc2ccccc2)N(C)C(=O)[C@@H](C(C)C)OC(=O)[C@H](Cc2ccccc2)N(C)C(=O)[C@@H](C(C)C)OC(=O)[C@H](Cc2ccccc2)N(C)C1=O. The Morgan fingerprint density at radius 2 is 0.741 bits per heavy atom. The van der Waals surface area contributed by atoms with Gasteiger partial charge < -0.3 is 28.9 Å². The van der Waals surface area contributed by atoms with E-state index in [2.05, 4.69) is 0 Å². The molecule has 1 saturated heterocycles. The van der Waals surface area contributed by atoms with E-state index in [0.29, 0.717) is 0 Å². The Labute approximate surface area is 342 Å². The molecule has 0 saturated carbocycles. The lowest BCUT2D eigenvalue weighted by atomic mass is 9.99. The number of benzene rings is 3. The largest absolute Gasteiger partial charge is 0.451 e. The van der Waals surface area contributed by atoms with Gasteiger partial charge >= 0.3 is 17.9 Å². The summed E-state index contributed by atoms with van der Waals surface area (Å²) in [5, 5.41) is 0. The summed E-state index contributed by atoms with van der Waals surface area (Å²) in [6.07, 6.45) is -3.84. The lowest BCUT2D eigenvalue weighted by Gasteiger charge is -2.36. The Hall–Kier alpha value is -5.52. The first-order chi connectivity index (χ1) is 27.5. The summed E-state index contributed by atoms with van der Waals surface area (Å²) >= 11 is 0. The Bertz CT molecular complexity index is 1810. The highest BCUT2D eigenvalue weighted by Crippen LogP contribution is 2.24. The molecule has 0 bridgehead atoms. The van der Waals surface area contributed by atoms with Gasteiger partial charge in [-0.2, -0.15) is 0 Å². The number of carbonyl (C=O) groups excluding carboxylic acids is 6. The topological polar surface area (TPSA) is 140 Å². The molecule has 1 aliphatic heterocycles. The van der Waals surface area contributed by atoms with Gasteiger partial charge in [-0.3, -0.25) is 14.4 Å². The second-order valence-corrected chi connectivity index (χ2v) is 16.2. The predicted molar refractivity (Wildman–Crippen MR) is 219 cm³/mol. The van der Waals surface area contributed by atoms with Crippen LogP contribution in [0, 0.1) is 17.8 Å². The highest BCUT2D eigenvalue weighted by atomic mass is 16.6. The average molecular weight is 798 g/mol. The van der Waals surface area contributed by atoms with E-state index in [1.807, 2.05) is 92.7 Å². The standard InChI is InChI=1S/C46H59N3O9/c1-29(2)25-38-41(50)47(7)36(27-33-21-15-11-16-22-33)45(54)57-40(31(5)6)43(52)49(9)37(28-34-23-17-12-18-24-34)46(55)58-39(30(3)4)42(51)48(8)35(44(53)56-38)26-32-19-13-10-14-20-32/h10-24,29-31,35-40H,25-28H2,1-9H3/t35-,36+,37+,38+,39-,40-/m1/s1. The van der Waals surface area contributed by atoms with E-state index in [1.54, 1.807) is 39.8 Å². The van der Waals surface area contributed by atoms with Gasteiger partial charge in [0.15, 0.2) is 18.3 Å². The molecule has 312 valence electrons. The molecule has 0 spiro atoms. The van der Waals surface area contributed by atoms with Gasteiger partial charge in [0.1, 0.15) is 18.1 Å². The molecule has 3 aromatic carbocycles. The van der Waals surface area contributed by atoms with Gasteiger partial charge in [0.2, 0.25) is 0 Å². The molecular weight excluding hydrogens is 739 g/mol. The van der Waals surface area contributed by atoms with Gasteiger partial charge in [0.05, 0.1) is 0 Å². The molecule has 4 rings (SSSR count). The molecule has 0 aliphatic carbocycles. The van der Waals surface area contributed by atoms with Crippen LogP contribution in [-0.2, 0) is 62.2 Å². The Morgan fingerprint density at radius 1 is 0.448 bits per heavy atom. The third-order valence-electron chi connectivity index (χ3n) is 10.5. The summed E-state index contributed by atoms with van der Waals surface area (Å²) in [6, 6.07) is 23.5. The van der Waals surface area contributed by atoms with Crippen LogP contribution in [0.1, 0.15) is 64.7 Å². The number of carbonyl (C=O) groups is 6. The fourth-order valence-corrected chi connectivity index (χ4v) is 6.93. The number of amides is 3. The smallest absolute Gasteiger partial charge is 0.329 e. The van der Waals surface area contributed by atoms with Gasteiger partial charge in [-0.25, -0.2) is 14.4 Å². The van der Waals surface area contributed by atoms with Crippen molar-refractivity contribution in [3.05, 3.63) is 108 Å². The lowest BCUT2D eigenvalue weighted by Crippen LogP contribution is -2.56. The van der Waals surface area contributed by atoms with Gasteiger partial charge in [-0.1, -0.05) is 133 Å². The molecule has 3 amide bonds. The Kier molecular flexibility index (Phi) is 16.2. The second-order valence-electron chi connectivity index (χ2n) is 16.2. The van der Waals surface area contributed by atoms with Crippen molar-refractivity contribution in [1.82, 2.24) is 14.7 Å². The van der Waals surface area contributed by atoms with Crippen LogP contribution >= 0.6 is 0 Å². The molecule has 58 heavy (non-hydrogen) atoms. The number of nitrogens with zero attached hydrogens (tertiary/aromatic N) is 3. The molecule has 1 fully saturated rings. The number of cyclic esters (lactones) is 3. The van der Waals surface area contributed by atoms with E-state index < -0.39 is 83.9 Å². The number of esters is 3. The number of ether oxygens (including phenoxy) is 3. The fourth-order valence-electron chi connectivity index (χ4n) is 6.93. The normalized spacial score (nSPS) is 23.5. The third kappa shape index (κ3) is 11.8. The van der Waals surface area contributed by atoms with Crippen LogP contribution in [0.2, 0.25) is 0 Å². The molecule has 0 radical (unpaired) electrons. The maximum absolute atomic E-state index is 14.5. The van der Waals surface area contributed by atoms with Crippen LogP contribution < -0.4 is 0 Å². The Balaban J connectivity index is 1.89. The fraction of sp³-hybridized carbons (Fsp3) is 0.478. The maximum atomic E-state index is 14.5. The van der Waals surface area contributed by atoms with Crippen molar-refractivity contribution in [3.63, 3.8) is 0 Å². The van der Waals surface area contributed by atoms with Gasteiger partial charge in [-0.15, -0.1) is 0 Å². The van der Waals surface area contributed by atoms with E-state index in [1.165, 1.54) is 35.8 Å². The zero-order valence-corrected chi connectivity index (χ0v) is 35.2. The first-order valence-corrected chi connectivity index (χ1v) is 20.0. The first-order valence-electron chi connectivity index (χ1n) is 20.0. The molecule has 12 nitrogen and oxygen atoms in total. The summed E-state index contributed by atoms with van der Waals surface area (Å²) in [6.45, 7) is 10.6. The van der Waals surface area contributed by atoms with E-state index >= 15 is 0 Å². The lowest BCUT2D eigenvalue weighted by molar-refractivity contribution is -0.178. The molecule has 1 aliphatic rings. The van der Waals surface area contributed by atoms with Crippen LogP contribution in [0.5, 0.6) is 0 Å². The highest BCUT2D eigenvalue weighted by molar-refractivity contribution is 5.94. The number of hydrogen-bond donors (Lipinski definition) is 0. The minimum Gasteiger partial charge on any atom is -0.451 e. The van der Waals surface area contributed by atoms with Crippen molar-refractivity contribution in [2.75, 3.05) is 21.1 Å². The Morgan fingerprint density at radius 3 is 1.03 bits per heavy atom. The van der Waals surface area contributed by atoms with Crippen molar-refractivity contribution < 1.29 is 43.0 Å². The molecule has 1 heterocycles. The molecule has 0 unspecified atom stereocenters. The van der Waals surface area contributed by atoms with E-state index in [4.69, 9.17) is 14.2 Å². The van der Waals surface area contributed by atoms with E-state index in [0.717, 1.165) is 16.7 Å². The predicted octanol–water partition coefficient (Wildman–Crippen LogP) is 5.30. The first kappa shape index (κ1) is 45.2. The van der Waals surface area contributed by atoms with Gasteiger partial charge in [-0.05, 0) is 40.9 Å². The minimum atomic E-state index is -1.36. The third-order valence-corrected chi connectivity index (χ3v) is 10.5. The van der Waals surface area contributed by atoms with Crippen molar-refractivity contribution in [3.8, 4) is 0 Å². The molecule has 0 N–H and O–H groups in total. The quantitative estimate of drug-likeness (QED) is 0.198. The summed E-state index contributed by atoms with van der Waals surface area (Å²) < 4.78 is 18.2. The number of rotatable bonds is 10. The van der Waals surface area contributed by atoms with Crippen LogP contribution in [0.4, 0.5) is 0 Å². The van der Waals surface area contributed by atoms with Gasteiger partial charge in [0, 0.05) is 40.4 Å². The zero-order valence-electron chi connectivity index (χ0n) is 35.2. The van der Waals surface area contributed by atoms with Crippen molar-refractivity contribution >= 4 is 35.6 Å². The van der Waals surface area contributed by atoms with E-state index in [9.17, 15) is 28.8 Å². The van der Waals surface area contributed by atoms with E-state index in [-0.39, 0.29) is 31.6 Å². The maximum Gasteiger partial charge on any atom is 0.329 e. The van der Waals surface area contributed by atoms with Crippen molar-refractivity contribution in [2.24, 2.45) is 17.8 Å². The summed E-state index contributed by atoms with van der Waals surface area (Å²) in [5.74, 6) is -5.70. The number of likely N-dealkylation sites (N-methyl/N-ethyl adjacent to an activating group) is 3.